The van der Waals surface area contributed by atoms with E-state index in [-0.39, 0.29) is 16.7 Å². The number of nitrogens with zero attached hydrogens (tertiary/aromatic N) is 1. The maximum Gasteiger partial charge on any atom is 0.337 e. The molecule has 0 spiro atoms. The summed E-state index contributed by atoms with van der Waals surface area (Å²) in [5.41, 5.74) is 0.0856. The van der Waals surface area contributed by atoms with Crippen molar-refractivity contribution in [2.75, 3.05) is 0 Å². The molecule has 1 aromatic carbocycles. The molecule has 13 heavy (non-hydrogen) atoms. The molecule has 4 heteroatoms. The van der Waals surface area contributed by atoms with Crippen LogP contribution in [0, 0.1) is 24.1 Å². The van der Waals surface area contributed by atoms with Gasteiger partial charge in [0.2, 0.25) is 0 Å². The summed E-state index contributed by atoms with van der Waals surface area (Å²) < 4.78 is 19.2. The number of aromatic carboxylic acids is 1. The SMILES string of the molecule is [3H]OC(=O)c1c(C)cc(F)cc1C#N. The minimum absolute atomic E-state index is 0.0658. The van der Waals surface area contributed by atoms with Gasteiger partial charge in [-0.05, 0) is 24.6 Å². The molecule has 0 radical (unpaired) electrons. The van der Waals surface area contributed by atoms with Crippen LogP contribution in [0.2, 0.25) is 0 Å². The van der Waals surface area contributed by atoms with Gasteiger partial charge < -0.3 is 5.11 Å². The minimum atomic E-state index is -0.959. The molecule has 0 amide bonds. The van der Waals surface area contributed by atoms with Gasteiger partial charge in [-0.3, -0.25) is 0 Å². The predicted octanol–water partition coefficient (Wildman–Crippen LogP) is 1.70. The Balaban J connectivity index is 3.42. The zero-order chi connectivity index (χ0) is 10.7. The van der Waals surface area contributed by atoms with Crippen LogP contribution in [0.5, 0.6) is 0 Å². The molecule has 0 fully saturated rings. The summed E-state index contributed by atoms with van der Waals surface area (Å²) in [6, 6.07) is 3.70. The van der Waals surface area contributed by atoms with Crippen molar-refractivity contribution in [3.63, 3.8) is 0 Å². The normalized spacial score (nSPS) is 10.1. The molecule has 0 unspecified atom stereocenters. The van der Waals surface area contributed by atoms with Crippen molar-refractivity contribution in [1.82, 2.24) is 0 Å². The van der Waals surface area contributed by atoms with E-state index in [1.54, 1.807) is 6.07 Å². The van der Waals surface area contributed by atoms with Crippen LogP contribution in [0.25, 0.3) is 1.43 Å². The minimum Gasteiger partial charge on any atom is -0.478 e. The van der Waals surface area contributed by atoms with Crippen LogP contribution >= 0.6 is 0 Å². The van der Waals surface area contributed by atoms with Gasteiger partial charge >= 0.3 is 5.97 Å². The van der Waals surface area contributed by atoms with Gasteiger partial charge in [0.1, 0.15) is 11.9 Å². The van der Waals surface area contributed by atoms with Gasteiger partial charge in [0, 0.05) is 0 Å². The highest BCUT2D eigenvalue weighted by Crippen LogP contribution is 2.15. The maximum absolute atomic E-state index is 12.8. The van der Waals surface area contributed by atoms with Crippen molar-refractivity contribution in [2.45, 2.75) is 6.92 Å². The van der Waals surface area contributed by atoms with Gasteiger partial charge in [-0.2, -0.15) is 5.26 Å². The van der Waals surface area contributed by atoms with E-state index in [9.17, 15) is 9.18 Å². The molecule has 0 saturated heterocycles. The fourth-order valence-corrected chi connectivity index (χ4v) is 1.10. The van der Waals surface area contributed by atoms with E-state index >= 15 is 0 Å². The first kappa shape index (κ1) is 7.74. The summed E-state index contributed by atoms with van der Waals surface area (Å²) in [5.74, 6) is -1.56. The molecule has 0 atom stereocenters. The lowest BCUT2D eigenvalue weighted by Gasteiger charge is -2.02. The molecule has 0 aliphatic carbocycles. The van der Waals surface area contributed by atoms with Crippen LogP contribution in [0.15, 0.2) is 12.1 Å². The Labute approximate surface area is 75.5 Å². The van der Waals surface area contributed by atoms with Gasteiger partial charge in [-0.15, -0.1) is 0 Å². The second kappa shape index (κ2) is 3.23. The molecule has 66 valence electrons. The number of rotatable bonds is 1. The van der Waals surface area contributed by atoms with E-state index in [1.165, 1.54) is 6.92 Å². The predicted molar refractivity (Wildman–Crippen MR) is 42.8 cm³/mol. The number of hydrogen-bond donors (Lipinski definition) is 1. The van der Waals surface area contributed by atoms with Gasteiger partial charge in [0.25, 0.3) is 1.43 Å². The number of nitriles is 1. The Kier molecular flexibility index (Phi) is 1.93. The fourth-order valence-electron chi connectivity index (χ4n) is 1.10. The van der Waals surface area contributed by atoms with Crippen LogP contribution in [0.3, 0.4) is 0 Å². The number of hydrogen-bond acceptors (Lipinski definition) is 3. The lowest BCUT2D eigenvalue weighted by atomic mass is 10.0. The number of carboxylic acids is 1. The summed E-state index contributed by atoms with van der Waals surface area (Å²) in [6.07, 6.45) is 0. The second-order valence-corrected chi connectivity index (χ2v) is 2.54. The van der Waals surface area contributed by atoms with Crippen LogP contribution in [-0.2, 0) is 0 Å². The third-order valence-electron chi connectivity index (χ3n) is 1.62. The second-order valence-electron chi connectivity index (χ2n) is 2.54. The molecular formula is C9H6FNO2. The number of carboxylic acid groups (broad SMARTS) is 1. The molecule has 0 heterocycles. The van der Waals surface area contributed by atoms with E-state index in [4.69, 9.17) is 6.69 Å². The first-order valence-corrected chi connectivity index (χ1v) is 3.48. The van der Waals surface area contributed by atoms with Crippen LogP contribution in [0.4, 0.5) is 4.39 Å². The van der Waals surface area contributed by atoms with E-state index in [0.717, 1.165) is 12.1 Å². The highest BCUT2D eigenvalue weighted by molar-refractivity contribution is 5.92. The first-order valence-electron chi connectivity index (χ1n) is 3.88. The lowest BCUT2D eigenvalue weighted by molar-refractivity contribution is 0.0695. The van der Waals surface area contributed by atoms with E-state index in [0.29, 0.717) is 0 Å². The molecule has 1 N–H and O–H groups in total. The zero-order valence-corrected chi connectivity index (χ0v) is 6.80. The number of benzene rings is 1. The summed E-state index contributed by atoms with van der Waals surface area (Å²) >= 11 is 0. The smallest absolute Gasteiger partial charge is 0.337 e. The summed E-state index contributed by atoms with van der Waals surface area (Å²) in [4.78, 5) is 11.0. The molecule has 0 bridgehead atoms. The Morgan fingerprint density at radius 1 is 1.77 bits per heavy atom. The highest BCUT2D eigenvalue weighted by atomic mass is 19.1. The summed E-state index contributed by atoms with van der Waals surface area (Å²) in [6.45, 7) is 1.47. The molecule has 0 saturated carbocycles. The number of carbonyl (C=O) groups is 1. The van der Waals surface area contributed by atoms with Crippen molar-refractivity contribution >= 4 is 5.97 Å². The zero-order valence-electron chi connectivity index (χ0n) is 7.80. The van der Waals surface area contributed by atoms with Crippen molar-refractivity contribution in [1.29, 1.82) is 6.69 Å². The number of halogens is 1. The van der Waals surface area contributed by atoms with E-state index in [1.807, 2.05) is 0 Å². The molecule has 3 nitrogen and oxygen atoms in total. The summed E-state index contributed by atoms with van der Waals surface area (Å²) in [7, 11) is 0. The quantitative estimate of drug-likeness (QED) is 0.717. The van der Waals surface area contributed by atoms with E-state index in [2.05, 4.69) is 5.11 Å². The first-order chi connectivity index (χ1) is 6.60. The molecule has 1 aromatic rings. The molecular weight excluding hydrogens is 173 g/mol. The van der Waals surface area contributed by atoms with Gasteiger partial charge in [-0.1, -0.05) is 0 Å². The van der Waals surface area contributed by atoms with E-state index < -0.39 is 11.8 Å². The maximum atomic E-state index is 12.8. The third-order valence-corrected chi connectivity index (χ3v) is 1.62. The standard InChI is InChI=1S/C9H6FNO2/c1-5-2-7(10)3-6(4-11)8(5)9(12)13/h2-3H,1H3,(H,12,13)/i/hT. The molecule has 1 rings (SSSR count). The van der Waals surface area contributed by atoms with Gasteiger partial charge in [0.15, 0.2) is 0 Å². The largest absolute Gasteiger partial charge is 0.478 e. The van der Waals surface area contributed by atoms with Crippen molar-refractivity contribution < 1.29 is 14.3 Å². The number of aryl methyl sites for hydroxylation is 1. The van der Waals surface area contributed by atoms with Crippen molar-refractivity contribution in [2.24, 2.45) is 0 Å². The van der Waals surface area contributed by atoms with Crippen molar-refractivity contribution in [3.05, 3.63) is 34.6 Å². The lowest BCUT2D eigenvalue weighted by Crippen LogP contribution is -2.04. The Hall–Kier alpha value is -1.89. The topological polar surface area (TPSA) is 61.1 Å². The summed E-state index contributed by atoms with van der Waals surface area (Å²) in [5, 5.41) is 12.4. The molecule has 0 aromatic heterocycles. The Bertz CT molecular complexity index is 426. The average molecular weight is 181 g/mol. The Morgan fingerprint density at radius 2 is 2.46 bits per heavy atom. The molecule has 0 aliphatic heterocycles. The monoisotopic (exact) mass is 181 g/mol. The highest BCUT2D eigenvalue weighted by Gasteiger charge is 2.14. The molecule has 0 aliphatic rings. The van der Waals surface area contributed by atoms with Crippen LogP contribution in [-0.4, -0.2) is 11.1 Å². The average Bonchev–Trinajstić information content (AvgIpc) is 2.15. The van der Waals surface area contributed by atoms with Crippen LogP contribution in [0.1, 0.15) is 21.5 Å². The van der Waals surface area contributed by atoms with Gasteiger partial charge in [-0.25, -0.2) is 9.18 Å². The third kappa shape index (κ3) is 1.64. The fraction of sp³-hybridized carbons (Fsp3) is 0.111. The van der Waals surface area contributed by atoms with Crippen molar-refractivity contribution in [3.8, 4) is 6.07 Å². The van der Waals surface area contributed by atoms with Gasteiger partial charge in [0.05, 0.1) is 11.1 Å². The Morgan fingerprint density at radius 3 is 3.00 bits per heavy atom. The van der Waals surface area contributed by atoms with Crippen LogP contribution < -0.4 is 0 Å².